The van der Waals surface area contributed by atoms with E-state index < -0.39 is 0 Å². The Morgan fingerprint density at radius 1 is 1.13 bits per heavy atom. The lowest BCUT2D eigenvalue weighted by atomic mass is 9.88. The lowest BCUT2D eigenvalue weighted by Gasteiger charge is -2.47. The molecule has 0 bridgehead atoms. The lowest BCUT2D eigenvalue weighted by molar-refractivity contribution is -0.0950. The van der Waals surface area contributed by atoms with Crippen molar-refractivity contribution in [2.45, 2.75) is 44.8 Å². The Bertz CT molecular complexity index is 596. The molecule has 1 aromatic carbocycles. The molecule has 4 heteroatoms. The van der Waals surface area contributed by atoms with E-state index in [1.165, 1.54) is 25.9 Å². The predicted octanol–water partition coefficient (Wildman–Crippen LogP) is 2.38. The first-order chi connectivity index (χ1) is 11.0. The normalized spacial score (nSPS) is 26.7. The van der Waals surface area contributed by atoms with E-state index in [-0.39, 0.29) is 11.5 Å². The molecule has 0 aromatic heterocycles. The fourth-order valence-corrected chi connectivity index (χ4v) is 4.46. The van der Waals surface area contributed by atoms with Crippen LogP contribution in [0.5, 0.6) is 0 Å². The largest absolute Gasteiger partial charge is 0.370 e. The minimum atomic E-state index is -0.0677. The Hall–Kier alpha value is -1.39. The van der Waals surface area contributed by atoms with Crippen molar-refractivity contribution < 1.29 is 9.53 Å². The molecular weight excluding hydrogens is 288 g/mol. The maximum absolute atomic E-state index is 12.7. The summed E-state index contributed by atoms with van der Waals surface area (Å²) in [7, 11) is 0. The van der Waals surface area contributed by atoms with Gasteiger partial charge in [0.2, 0.25) is 0 Å². The fourth-order valence-electron chi connectivity index (χ4n) is 4.46. The Kier molecular flexibility index (Phi) is 3.69. The second-order valence-electron chi connectivity index (χ2n) is 7.63. The first-order valence-electron chi connectivity index (χ1n) is 8.80. The number of hydrogen-bond acceptors (Lipinski definition) is 3. The molecule has 3 heterocycles. The quantitative estimate of drug-likeness (QED) is 0.840. The average molecular weight is 314 g/mol. The highest BCUT2D eigenvalue weighted by atomic mass is 16.5. The molecular formula is C19H26N2O2. The standard InChI is InChI=1S/C19H26N2O2/c1-14-7-15(2)9-16(8-14)18(22)21-12-19(13-21)10-17(11-23-19)20-5-3-4-6-20/h7-9,17H,3-6,10-13H2,1-2H3. The molecule has 4 rings (SSSR count). The van der Waals surface area contributed by atoms with E-state index in [0.717, 1.165) is 42.8 Å². The molecule has 4 nitrogen and oxygen atoms in total. The highest BCUT2D eigenvalue weighted by Gasteiger charge is 2.52. The zero-order chi connectivity index (χ0) is 16.0. The lowest BCUT2D eigenvalue weighted by Crippen LogP contribution is -2.63. The summed E-state index contributed by atoms with van der Waals surface area (Å²) in [5.41, 5.74) is 3.04. The third-order valence-corrected chi connectivity index (χ3v) is 5.56. The molecule has 0 saturated carbocycles. The van der Waals surface area contributed by atoms with Crippen LogP contribution in [0.25, 0.3) is 0 Å². The molecule has 0 aliphatic carbocycles. The van der Waals surface area contributed by atoms with Crippen LogP contribution in [0, 0.1) is 13.8 Å². The summed E-state index contributed by atoms with van der Waals surface area (Å²) in [6.07, 6.45) is 3.73. The summed E-state index contributed by atoms with van der Waals surface area (Å²) in [5, 5.41) is 0. The topological polar surface area (TPSA) is 32.8 Å². The molecule has 1 spiro atoms. The Morgan fingerprint density at radius 2 is 1.78 bits per heavy atom. The molecule has 1 aromatic rings. The SMILES string of the molecule is Cc1cc(C)cc(C(=O)N2CC3(CC(N4CCCC4)CO3)C2)c1. The summed E-state index contributed by atoms with van der Waals surface area (Å²) < 4.78 is 6.13. The van der Waals surface area contributed by atoms with E-state index in [2.05, 4.69) is 11.0 Å². The molecule has 0 radical (unpaired) electrons. The molecule has 3 aliphatic heterocycles. The van der Waals surface area contributed by atoms with Crippen molar-refractivity contribution in [3.63, 3.8) is 0 Å². The summed E-state index contributed by atoms with van der Waals surface area (Å²) in [5.74, 6) is 0.149. The van der Waals surface area contributed by atoms with Crippen LogP contribution in [0.3, 0.4) is 0 Å². The van der Waals surface area contributed by atoms with Gasteiger partial charge in [0.15, 0.2) is 0 Å². The monoisotopic (exact) mass is 314 g/mol. The van der Waals surface area contributed by atoms with E-state index in [1.54, 1.807) is 0 Å². The Morgan fingerprint density at radius 3 is 2.43 bits per heavy atom. The van der Waals surface area contributed by atoms with Crippen molar-refractivity contribution in [2.75, 3.05) is 32.8 Å². The summed E-state index contributed by atoms with van der Waals surface area (Å²) in [4.78, 5) is 17.2. The second kappa shape index (κ2) is 5.60. The Labute approximate surface area is 138 Å². The van der Waals surface area contributed by atoms with Crippen LogP contribution in [-0.2, 0) is 4.74 Å². The van der Waals surface area contributed by atoms with Gasteiger partial charge in [0.1, 0.15) is 5.60 Å². The number of benzene rings is 1. The van der Waals surface area contributed by atoms with Crippen LogP contribution in [0.4, 0.5) is 0 Å². The number of rotatable bonds is 2. The number of carbonyl (C=O) groups is 1. The van der Waals surface area contributed by atoms with E-state index in [1.807, 2.05) is 30.9 Å². The second-order valence-corrected chi connectivity index (χ2v) is 7.63. The van der Waals surface area contributed by atoms with Gasteiger partial charge < -0.3 is 9.64 Å². The summed E-state index contributed by atoms with van der Waals surface area (Å²) in [6, 6.07) is 6.65. The molecule has 3 aliphatic rings. The minimum Gasteiger partial charge on any atom is -0.370 e. The van der Waals surface area contributed by atoms with Crippen molar-refractivity contribution in [1.29, 1.82) is 0 Å². The van der Waals surface area contributed by atoms with Crippen molar-refractivity contribution in [1.82, 2.24) is 9.80 Å². The zero-order valence-electron chi connectivity index (χ0n) is 14.2. The van der Waals surface area contributed by atoms with Crippen molar-refractivity contribution >= 4 is 5.91 Å². The summed E-state index contributed by atoms with van der Waals surface area (Å²) >= 11 is 0. The molecule has 0 N–H and O–H groups in total. The molecule has 1 atom stereocenters. The summed E-state index contributed by atoms with van der Waals surface area (Å²) in [6.45, 7) is 8.87. The fraction of sp³-hybridized carbons (Fsp3) is 0.632. The maximum atomic E-state index is 12.7. The van der Waals surface area contributed by atoms with Crippen LogP contribution in [0.1, 0.15) is 40.7 Å². The van der Waals surface area contributed by atoms with Crippen LogP contribution >= 0.6 is 0 Å². The van der Waals surface area contributed by atoms with E-state index in [0.29, 0.717) is 6.04 Å². The molecule has 1 unspecified atom stereocenters. The van der Waals surface area contributed by atoms with E-state index in [4.69, 9.17) is 4.74 Å². The van der Waals surface area contributed by atoms with Crippen molar-refractivity contribution in [3.8, 4) is 0 Å². The van der Waals surface area contributed by atoms with Gasteiger partial charge >= 0.3 is 0 Å². The van der Waals surface area contributed by atoms with Gasteiger partial charge in [0, 0.05) is 11.6 Å². The Balaban J connectivity index is 1.38. The van der Waals surface area contributed by atoms with Crippen LogP contribution < -0.4 is 0 Å². The molecule has 3 saturated heterocycles. The minimum absolute atomic E-state index is 0.0677. The third kappa shape index (κ3) is 2.79. The van der Waals surface area contributed by atoms with Gasteiger partial charge in [-0.25, -0.2) is 0 Å². The van der Waals surface area contributed by atoms with Crippen molar-refractivity contribution in [3.05, 3.63) is 34.9 Å². The number of nitrogens with zero attached hydrogens (tertiary/aromatic N) is 2. The number of amides is 1. The zero-order valence-corrected chi connectivity index (χ0v) is 14.2. The highest BCUT2D eigenvalue weighted by molar-refractivity contribution is 5.95. The molecule has 124 valence electrons. The predicted molar refractivity (Wildman–Crippen MR) is 89.7 cm³/mol. The van der Waals surface area contributed by atoms with Gasteiger partial charge in [0.25, 0.3) is 5.91 Å². The van der Waals surface area contributed by atoms with Crippen LogP contribution in [0.2, 0.25) is 0 Å². The number of ether oxygens (including phenoxy) is 1. The van der Waals surface area contributed by atoms with E-state index in [9.17, 15) is 4.79 Å². The average Bonchev–Trinajstić information content (AvgIpc) is 3.13. The highest BCUT2D eigenvalue weighted by Crippen LogP contribution is 2.38. The maximum Gasteiger partial charge on any atom is 0.254 e. The number of likely N-dealkylation sites (tertiary alicyclic amines) is 2. The van der Waals surface area contributed by atoms with Gasteiger partial charge in [-0.05, 0) is 58.3 Å². The van der Waals surface area contributed by atoms with Gasteiger partial charge in [-0.3, -0.25) is 9.69 Å². The first kappa shape index (κ1) is 15.2. The molecule has 23 heavy (non-hydrogen) atoms. The van der Waals surface area contributed by atoms with Gasteiger partial charge in [-0.15, -0.1) is 0 Å². The van der Waals surface area contributed by atoms with Crippen molar-refractivity contribution in [2.24, 2.45) is 0 Å². The molecule has 1 amide bonds. The van der Waals surface area contributed by atoms with Gasteiger partial charge in [-0.2, -0.15) is 0 Å². The van der Waals surface area contributed by atoms with Gasteiger partial charge in [0.05, 0.1) is 19.7 Å². The van der Waals surface area contributed by atoms with Crippen LogP contribution in [-0.4, -0.2) is 60.1 Å². The number of aryl methyl sites for hydroxylation is 2. The number of carbonyl (C=O) groups excluding carboxylic acids is 1. The third-order valence-electron chi connectivity index (χ3n) is 5.56. The van der Waals surface area contributed by atoms with Crippen LogP contribution in [0.15, 0.2) is 18.2 Å². The first-order valence-corrected chi connectivity index (χ1v) is 8.80. The smallest absolute Gasteiger partial charge is 0.254 e. The van der Waals surface area contributed by atoms with E-state index >= 15 is 0 Å². The molecule has 3 fully saturated rings. The number of hydrogen-bond donors (Lipinski definition) is 0. The van der Waals surface area contributed by atoms with Gasteiger partial charge in [-0.1, -0.05) is 17.2 Å².